The topological polar surface area (TPSA) is 85.1 Å². The summed E-state index contributed by atoms with van der Waals surface area (Å²) in [6.45, 7) is 3.85. The Morgan fingerprint density at radius 1 is 1.37 bits per heavy atom. The van der Waals surface area contributed by atoms with Crippen LogP contribution in [0.15, 0.2) is 28.5 Å². The number of nitrogen functional groups attached to an aromatic ring is 1. The van der Waals surface area contributed by atoms with Gasteiger partial charge in [0.15, 0.2) is 0 Å². The van der Waals surface area contributed by atoms with Crippen molar-refractivity contribution in [3.8, 4) is 0 Å². The molecule has 0 atom stereocenters. The Kier molecular flexibility index (Phi) is 3.88. The number of nitrogens with zero attached hydrogens (tertiary/aromatic N) is 1. The van der Waals surface area contributed by atoms with Crippen molar-refractivity contribution in [2.45, 2.75) is 25.3 Å². The van der Waals surface area contributed by atoms with Crippen LogP contribution in [-0.2, 0) is 16.6 Å². The van der Waals surface area contributed by atoms with Gasteiger partial charge >= 0.3 is 0 Å². The zero-order valence-corrected chi connectivity index (χ0v) is 12.3. The van der Waals surface area contributed by atoms with Crippen molar-refractivity contribution >= 4 is 27.0 Å². The summed E-state index contributed by atoms with van der Waals surface area (Å²) in [5, 5.41) is 2.63. The van der Waals surface area contributed by atoms with Crippen LogP contribution in [0, 0.1) is 13.8 Å². The van der Waals surface area contributed by atoms with Crippen LogP contribution in [0.3, 0.4) is 0 Å². The minimum atomic E-state index is -3.53. The highest BCUT2D eigenvalue weighted by molar-refractivity contribution is 7.89. The quantitative estimate of drug-likeness (QED) is 0.843. The standard InChI is InChI=1S/C12H15N3O2S2/c1-8-5-10(3-4-11(8)13)19(16,17)14-6-12-15-9(2)7-18-12/h3-5,7,14H,6,13H2,1-2H3. The molecule has 2 aromatic rings. The number of anilines is 1. The van der Waals surface area contributed by atoms with Gasteiger partial charge in [0.25, 0.3) is 0 Å². The molecule has 3 N–H and O–H groups in total. The third-order valence-electron chi connectivity index (χ3n) is 2.63. The van der Waals surface area contributed by atoms with Crippen LogP contribution in [0.5, 0.6) is 0 Å². The summed E-state index contributed by atoms with van der Waals surface area (Å²) >= 11 is 1.43. The van der Waals surface area contributed by atoms with E-state index in [9.17, 15) is 8.42 Å². The number of benzene rings is 1. The summed E-state index contributed by atoms with van der Waals surface area (Å²) in [6.07, 6.45) is 0. The monoisotopic (exact) mass is 297 g/mol. The molecule has 7 heteroatoms. The summed E-state index contributed by atoms with van der Waals surface area (Å²) in [4.78, 5) is 4.43. The van der Waals surface area contributed by atoms with E-state index in [0.717, 1.165) is 16.3 Å². The molecule has 0 saturated carbocycles. The lowest BCUT2D eigenvalue weighted by atomic mass is 10.2. The smallest absolute Gasteiger partial charge is 0.240 e. The second kappa shape index (κ2) is 5.28. The molecule has 0 aliphatic carbocycles. The lowest BCUT2D eigenvalue weighted by Gasteiger charge is -2.07. The summed E-state index contributed by atoms with van der Waals surface area (Å²) < 4.78 is 26.7. The van der Waals surface area contributed by atoms with E-state index in [4.69, 9.17) is 5.73 Å². The molecule has 1 heterocycles. The van der Waals surface area contributed by atoms with Gasteiger partial charge in [-0.25, -0.2) is 18.1 Å². The minimum absolute atomic E-state index is 0.199. The summed E-state index contributed by atoms with van der Waals surface area (Å²) in [5.41, 5.74) is 7.89. The Hall–Kier alpha value is -1.44. The highest BCUT2D eigenvalue weighted by Gasteiger charge is 2.15. The molecule has 0 aliphatic heterocycles. The van der Waals surface area contributed by atoms with E-state index in [-0.39, 0.29) is 11.4 Å². The molecule has 19 heavy (non-hydrogen) atoms. The lowest BCUT2D eigenvalue weighted by molar-refractivity contribution is 0.581. The number of sulfonamides is 1. The van der Waals surface area contributed by atoms with Crippen molar-refractivity contribution < 1.29 is 8.42 Å². The maximum absolute atomic E-state index is 12.1. The fourth-order valence-electron chi connectivity index (χ4n) is 1.54. The Morgan fingerprint density at radius 2 is 2.11 bits per heavy atom. The summed E-state index contributed by atoms with van der Waals surface area (Å²) in [5.74, 6) is 0. The second-order valence-electron chi connectivity index (χ2n) is 4.23. The first kappa shape index (κ1) is 14.0. The van der Waals surface area contributed by atoms with Gasteiger partial charge in [-0.3, -0.25) is 0 Å². The molecule has 1 aromatic carbocycles. The van der Waals surface area contributed by atoms with Crippen molar-refractivity contribution in [3.05, 3.63) is 39.8 Å². The SMILES string of the molecule is Cc1csc(CNS(=O)(=O)c2ccc(N)c(C)c2)n1. The number of rotatable bonds is 4. The van der Waals surface area contributed by atoms with Gasteiger partial charge in [0.1, 0.15) is 5.01 Å². The van der Waals surface area contributed by atoms with Crippen LogP contribution in [0.25, 0.3) is 0 Å². The average Bonchev–Trinajstić information content (AvgIpc) is 2.76. The van der Waals surface area contributed by atoms with Crippen LogP contribution in [0.2, 0.25) is 0 Å². The number of hydrogen-bond acceptors (Lipinski definition) is 5. The minimum Gasteiger partial charge on any atom is -0.399 e. The predicted molar refractivity (Wildman–Crippen MR) is 76.5 cm³/mol. The molecule has 5 nitrogen and oxygen atoms in total. The molecular formula is C12H15N3O2S2. The molecule has 0 radical (unpaired) electrons. The first-order valence-corrected chi connectivity index (χ1v) is 8.01. The van der Waals surface area contributed by atoms with Crippen LogP contribution in [0.1, 0.15) is 16.3 Å². The Morgan fingerprint density at radius 3 is 2.68 bits per heavy atom. The van der Waals surface area contributed by atoms with Gasteiger partial charge in [0.05, 0.1) is 11.4 Å². The molecule has 0 unspecified atom stereocenters. The Bertz CT molecular complexity index is 693. The van der Waals surface area contributed by atoms with Crippen molar-refractivity contribution in [1.29, 1.82) is 0 Å². The zero-order valence-electron chi connectivity index (χ0n) is 10.7. The maximum atomic E-state index is 12.1. The molecule has 102 valence electrons. The second-order valence-corrected chi connectivity index (χ2v) is 6.94. The fraction of sp³-hybridized carbons (Fsp3) is 0.250. The van der Waals surface area contributed by atoms with Crippen LogP contribution in [0.4, 0.5) is 5.69 Å². The number of nitrogens with two attached hydrogens (primary N) is 1. The van der Waals surface area contributed by atoms with E-state index in [1.807, 2.05) is 12.3 Å². The van der Waals surface area contributed by atoms with E-state index in [0.29, 0.717) is 5.69 Å². The predicted octanol–water partition coefficient (Wildman–Crippen LogP) is 1.82. The van der Waals surface area contributed by atoms with E-state index in [1.54, 1.807) is 19.1 Å². The molecule has 1 aromatic heterocycles. The van der Waals surface area contributed by atoms with Gasteiger partial charge in [-0.05, 0) is 37.6 Å². The van der Waals surface area contributed by atoms with Crippen molar-refractivity contribution in [2.75, 3.05) is 5.73 Å². The van der Waals surface area contributed by atoms with Gasteiger partial charge < -0.3 is 5.73 Å². The fourth-order valence-corrected chi connectivity index (χ4v) is 3.41. The average molecular weight is 297 g/mol. The van der Waals surface area contributed by atoms with Crippen LogP contribution >= 0.6 is 11.3 Å². The van der Waals surface area contributed by atoms with E-state index >= 15 is 0 Å². The number of aryl methyl sites for hydroxylation is 2. The Balaban J connectivity index is 2.16. The maximum Gasteiger partial charge on any atom is 0.240 e. The molecule has 0 spiro atoms. The zero-order chi connectivity index (χ0) is 14.0. The lowest BCUT2D eigenvalue weighted by Crippen LogP contribution is -2.23. The number of hydrogen-bond donors (Lipinski definition) is 2. The van der Waals surface area contributed by atoms with Crippen LogP contribution < -0.4 is 10.5 Å². The van der Waals surface area contributed by atoms with Gasteiger partial charge in [-0.15, -0.1) is 11.3 Å². The highest BCUT2D eigenvalue weighted by atomic mass is 32.2. The molecular weight excluding hydrogens is 282 g/mol. The molecule has 2 rings (SSSR count). The molecule has 0 fully saturated rings. The molecule has 0 amide bonds. The van der Waals surface area contributed by atoms with Crippen LogP contribution in [-0.4, -0.2) is 13.4 Å². The number of nitrogens with one attached hydrogen (secondary N) is 1. The van der Waals surface area contributed by atoms with E-state index in [1.165, 1.54) is 17.4 Å². The van der Waals surface area contributed by atoms with Gasteiger partial charge in [0.2, 0.25) is 10.0 Å². The molecule has 0 aliphatic rings. The third-order valence-corrected chi connectivity index (χ3v) is 5.00. The van der Waals surface area contributed by atoms with E-state index < -0.39 is 10.0 Å². The van der Waals surface area contributed by atoms with Gasteiger partial charge in [-0.2, -0.15) is 0 Å². The van der Waals surface area contributed by atoms with Crippen molar-refractivity contribution in [2.24, 2.45) is 0 Å². The molecule has 0 bridgehead atoms. The first-order chi connectivity index (χ1) is 8.88. The van der Waals surface area contributed by atoms with Crippen molar-refractivity contribution in [3.63, 3.8) is 0 Å². The number of thiazole rings is 1. The largest absolute Gasteiger partial charge is 0.399 e. The number of aromatic nitrogens is 1. The highest BCUT2D eigenvalue weighted by Crippen LogP contribution is 2.17. The summed E-state index contributed by atoms with van der Waals surface area (Å²) in [7, 11) is -3.53. The third kappa shape index (κ3) is 3.31. The first-order valence-electron chi connectivity index (χ1n) is 5.65. The van der Waals surface area contributed by atoms with Crippen molar-refractivity contribution in [1.82, 2.24) is 9.71 Å². The van der Waals surface area contributed by atoms with Gasteiger partial charge in [0, 0.05) is 16.8 Å². The summed E-state index contributed by atoms with van der Waals surface area (Å²) in [6, 6.07) is 4.65. The molecule has 0 saturated heterocycles. The Labute approximate surface area is 116 Å². The van der Waals surface area contributed by atoms with Gasteiger partial charge in [-0.1, -0.05) is 0 Å². The van der Waals surface area contributed by atoms with E-state index in [2.05, 4.69) is 9.71 Å². The normalized spacial score (nSPS) is 11.7.